The Bertz CT molecular complexity index is 1180. The number of amides is 2. The molecule has 4 rings (SSSR count). The van der Waals surface area contributed by atoms with Gasteiger partial charge in [0, 0.05) is 26.2 Å². The van der Waals surface area contributed by atoms with E-state index in [1.807, 2.05) is 11.1 Å². The molecule has 3 aliphatic rings. The van der Waals surface area contributed by atoms with Crippen molar-refractivity contribution in [3.63, 3.8) is 0 Å². The van der Waals surface area contributed by atoms with E-state index in [1.54, 1.807) is 4.90 Å². The zero-order valence-electron chi connectivity index (χ0n) is 25.4. The smallest absolute Gasteiger partial charge is 0.364 e. The molecule has 2 heterocycles. The predicted molar refractivity (Wildman–Crippen MR) is 163 cm³/mol. The Morgan fingerprint density at radius 2 is 1.77 bits per heavy atom. The molecule has 2 amide bonds. The van der Waals surface area contributed by atoms with E-state index in [9.17, 15) is 14.7 Å². The summed E-state index contributed by atoms with van der Waals surface area (Å²) in [5, 5.41) is 10.2. The molecule has 0 radical (unpaired) electrons. The fourth-order valence-corrected chi connectivity index (χ4v) is 6.41. The molecule has 7 nitrogen and oxygen atoms in total. The zero-order valence-corrected chi connectivity index (χ0v) is 25.4. The third-order valence-corrected chi connectivity index (χ3v) is 9.49. The molecule has 1 N–H and O–H groups in total. The molecule has 7 heteroatoms. The molecule has 218 valence electrons. The topological polar surface area (TPSA) is 75.0 Å². The number of likely N-dealkylation sites (N-methyl/N-ethyl adjacent to an activating group) is 1. The molecular formula is C33H50N4O3+2. The van der Waals surface area contributed by atoms with Gasteiger partial charge in [-0.1, -0.05) is 36.6 Å². The van der Waals surface area contributed by atoms with Crippen LogP contribution >= 0.6 is 0 Å². The molecule has 0 bridgehead atoms. The molecule has 1 saturated carbocycles. The van der Waals surface area contributed by atoms with Gasteiger partial charge in [0.2, 0.25) is 0 Å². The van der Waals surface area contributed by atoms with Gasteiger partial charge in [0.05, 0.1) is 18.7 Å². The van der Waals surface area contributed by atoms with Crippen molar-refractivity contribution < 1.29 is 19.2 Å². The Kier molecular flexibility index (Phi) is 9.39. The number of piperazine rings is 1. The van der Waals surface area contributed by atoms with Crippen LogP contribution in [0.4, 0.5) is 0 Å². The van der Waals surface area contributed by atoms with E-state index in [-0.39, 0.29) is 17.9 Å². The van der Waals surface area contributed by atoms with E-state index < -0.39 is 5.60 Å². The van der Waals surface area contributed by atoms with Crippen LogP contribution in [0.2, 0.25) is 0 Å². The standard InChI is InChI=1S/C33H50N4O3/c1-7-10-25(6)28-14-13-27(21-26(28)12-11-24(4)5)29-23-37(8-2,9-3)30(22-34-29)31(38)35-17-19-36(20-18-35)32(39)33(40)15-16-33/h13-14,21-22,25,30,40H,4,7-12,15-20,23H2,1-3,5-6H3/q+2. The van der Waals surface area contributed by atoms with Crippen LogP contribution in [0.1, 0.15) is 89.3 Å². The summed E-state index contributed by atoms with van der Waals surface area (Å²) >= 11 is 0. The first kappa shape index (κ1) is 30.2. The number of rotatable bonds is 11. The SMILES string of the molecule is C=C(C)CCc1cc(C2=[N+]=CC(C(=O)N3CCN(C(=O)C4(O)CC4)CC3)[N+](CC)(CC)C2)ccc1C(C)CCC. The van der Waals surface area contributed by atoms with Gasteiger partial charge in [0.1, 0.15) is 5.60 Å². The summed E-state index contributed by atoms with van der Waals surface area (Å²) in [4.78, 5) is 30.0. The quantitative estimate of drug-likeness (QED) is 0.261. The number of carbonyl (C=O) groups is 2. The zero-order chi connectivity index (χ0) is 29.1. The van der Waals surface area contributed by atoms with Crippen LogP contribution in [0.25, 0.3) is 0 Å². The van der Waals surface area contributed by atoms with Crippen LogP contribution in [0, 0.1) is 0 Å². The predicted octanol–water partition coefficient (Wildman–Crippen LogP) is 3.46. The molecular weight excluding hydrogens is 500 g/mol. The maximum absolute atomic E-state index is 13.8. The van der Waals surface area contributed by atoms with Crippen LogP contribution in [0.3, 0.4) is 0 Å². The van der Waals surface area contributed by atoms with Crippen LogP contribution < -0.4 is 4.67 Å². The van der Waals surface area contributed by atoms with Crippen molar-refractivity contribution >= 4 is 23.7 Å². The molecule has 2 unspecified atom stereocenters. The number of aryl methyl sites for hydroxylation is 1. The number of quaternary nitrogens is 1. The van der Waals surface area contributed by atoms with Crippen molar-refractivity contribution in [1.29, 1.82) is 0 Å². The fraction of sp³-hybridized carbons (Fsp3) is 0.636. The van der Waals surface area contributed by atoms with Crippen molar-refractivity contribution in [2.75, 3.05) is 45.8 Å². The second-order valence-electron chi connectivity index (χ2n) is 12.4. The average molecular weight is 551 g/mol. The van der Waals surface area contributed by atoms with Crippen LogP contribution in [0.5, 0.6) is 0 Å². The van der Waals surface area contributed by atoms with Gasteiger partial charge in [0.25, 0.3) is 17.9 Å². The summed E-state index contributed by atoms with van der Waals surface area (Å²) in [6.07, 6.45) is 7.29. The number of hydrogen-bond donors (Lipinski definition) is 1. The van der Waals surface area contributed by atoms with E-state index in [0.29, 0.717) is 49.4 Å². The second kappa shape index (κ2) is 12.4. The molecule has 40 heavy (non-hydrogen) atoms. The van der Waals surface area contributed by atoms with Crippen molar-refractivity contribution in [1.82, 2.24) is 14.5 Å². The van der Waals surface area contributed by atoms with E-state index in [2.05, 4.69) is 59.4 Å². The summed E-state index contributed by atoms with van der Waals surface area (Å²) in [6.45, 7) is 19.5. The maximum Gasteiger partial charge on any atom is 0.364 e. The monoisotopic (exact) mass is 550 g/mol. The lowest BCUT2D eigenvalue weighted by molar-refractivity contribution is -0.922. The third kappa shape index (κ3) is 6.27. The van der Waals surface area contributed by atoms with Gasteiger partial charge in [-0.15, -0.1) is 6.58 Å². The number of carbonyl (C=O) groups excluding carboxylic acids is 2. The highest BCUT2D eigenvalue weighted by atomic mass is 16.3. The van der Waals surface area contributed by atoms with Crippen LogP contribution in [0.15, 0.2) is 30.4 Å². The molecule has 1 aromatic rings. The van der Waals surface area contributed by atoms with Gasteiger partial charge in [-0.05, 0) is 82.1 Å². The van der Waals surface area contributed by atoms with Gasteiger partial charge in [-0.2, -0.15) is 0 Å². The highest BCUT2D eigenvalue weighted by Gasteiger charge is 2.52. The van der Waals surface area contributed by atoms with Crippen molar-refractivity contribution in [2.24, 2.45) is 0 Å². The van der Waals surface area contributed by atoms with Crippen molar-refractivity contribution in [3.05, 3.63) is 47.0 Å². The highest BCUT2D eigenvalue weighted by molar-refractivity contribution is 6.06. The number of hydrogen-bond acceptors (Lipinski definition) is 3. The van der Waals surface area contributed by atoms with E-state index in [1.165, 1.54) is 29.5 Å². The van der Waals surface area contributed by atoms with E-state index in [4.69, 9.17) is 4.67 Å². The number of allylic oxidation sites excluding steroid dienone is 1. The third-order valence-electron chi connectivity index (χ3n) is 9.49. The summed E-state index contributed by atoms with van der Waals surface area (Å²) in [5.41, 5.74) is 5.07. The van der Waals surface area contributed by atoms with Gasteiger partial charge in [-0.25, -0.2) is 0 Å². The summed E-state index contributed by atoms with van der Waals surface area (Å²) < 4.78 is 5.58. The summed E-state index contributed by atoms with van der Waals surface area (Å²) in [6, 6.07) is 6.53. The Balaban J connectivity index is 1.57. The van der Waals surface area contributed by atoms with Gasteiger partial charge >= 0.3 is 11.9 Å². The van der Waals surface area contributed by atoms with Crippen LogP contribution in [-0.4, -0.2) is 101 Å². The molecule has 0 aromatic heterocycles. The first-order valence-electron chi connectivity index (χ1n) is 15.4. The normalized spacial score (nSPS) is 22.1. The van der Waals surface area contributed by atoms with E-state index in [0.717, 1.165) is 43.8 Å². The molecule has 2 aliphatic heterocycles. The number of nitrogens with zero attached hydrogens (tertiary/aromatic N) is 4. The molecule has 2 atom stereocenters. The molecule has 2 fully saturated rings. The minimum absolute atomic E-state index is 0.0922. The van der Waals surface area contributed by atoms with Gasteiger partial charge < -0.3 is 14.9 Å². The van der Waals surface area contributed by atoms with E-state index >= 15 is 0 Å². The molecule has 1 saturated heterocycles. The lowest BCUT2D eigenvalue weighted by atomic mass is 9.87. The average Bonchev–Trinajstić information content (AvgIpc) is 3.73. The lowest BCUT2D eigenvalue weighted by Gasteiger charge is -2.42. The Labute approximate surface area is 240 Å². The maximum atomic E-state index is 13.8. The van der Waals surface area contributed by atoms with Gasteiger partial charge in [-0.3, -0.25) is 14.1 Å². The van der Waals surface area contributed by atoms with Crippen LogP contribution in [-0.2, 0) is 16.0 Å². The second-order valence-corrected chi connectivity index (χ2v) is 12.4. The van der Waals surface area contributed by atoms with Crippen molar-refractivity contribution in [2.45, 2.75) is 90.7 Å². The molecule has 1 aliphatic carbocycles. The first-order valence-corrected chi connectivity index (χ1v) is 15.4. The first-order chi connectivity index (χ1) is 19.1. The number of benzene rings is 1. The van der Waals surface area contributed by atoms with Crippen molar-refractivity contribution in [3.8, 4) is 0 Å². The summed E-state index contributed by atoms with van der Waals surface area (Å²) in [7, 11) is 0. The molecule has 1 aromatic carbocycles. The Morgan fingerprint density at radius 1 is 1.12 bits per heavy atom. The Morgan fingerprint density at radius 3 is 2.35 bits per heavy atom. The fourth-order valence-electron chi connectivity index (χ4n) is 6.41. The highest BCUT2D eigenvalue weighted by Crippen LogP contribution is 2.37. The largest absolute Gasteiger partial charge is 0.380 e. The van der Waals surface area contributed by atoms with Gasteiger partial charge in [0.15, 0.2) is 6.54 Å². The summed E-state index contributed by atoms with van der Waals surface area (Å²) in [5.74, 6) is 0.433. The minimum atomic E-state index is -1.15. The number of aliphatic hydroxyl groups is 1. The Hall–Kier alpha value is -2.73. The lowest BCUT2D eigenvalue weighted by Crippen LogP contribution is -2.67. The molecule has 0 spiro atoms. The minimum Gasteiger partial charge on any atom is -0.380 e.